The highest BCUT2D eigenvalue weighted by Gasteiger charge is 2.53. The summed E-state index contributed by atoms with van der Waals surface area (Å²) in [7, 11) is 1.38. The Hall–Kier alpha value is -2.66. The van der Waals surface area contributed by atoms with Crippen LogP contribution in [0.5, 0.6) is 0 Å². The van der Waals surface area contributed by atoms with Gasteiger partial charge in [-0.3, -0.25) is 10.1 Å². The first kappa shape index (κ1) is 21.1. The molecule has 152 valence electrons. The second-order valence-corrected chi connectivity index (χ2v) is 8.84. The summed E-state index contributed by atoms with van der Waals surface area (Å²) >= 11 is 6.04. The van der Waals surface area contributed by atoms with E-state index in [4.69, 9.17) is 16.3 Å². The number of rotatable bonds is 5. The molecule has 0 N–H and O–H groups in total. The summed E-state index contributed by atoms with van der Waals surface area (Å²) in [5.41, 5.74) is 3.65. The first-order valence-electron chi connectivity index (χ1n) is 9.43. The fourth-order valence-corrected chi connectivity index (χ4v) is 4.13. The van der Waals surface area contributed by atoms with Gasteiger partial charge in [0, 0.05) is 35.1 Å². The van der Waals surface area contributed by atoms with Gasteiger partial charge in [0.2, 0.25) is 0 Å². The van der Waals surface area contributed by atoms with Crippen molar-refractivity contribution in [3.05, 3.63) is 85.9 Å². The lowest BCUT2D eigenvalue weighted by atomic mass is 9.87. The summed E-state index contributed by atoms with van der Waals surface area (Å²) in [5, 5.41) is 11.6. The van der Waals surface area contributed by atoms with E-state index in [-0.39, 0.29) is 28.9 Å². The number of non-ortho nitro benzene ring substituents is 1. The maximum absolute atomic E-state index is 12.7. The summed E-state index contributed by atoms with van der Waals surface area (Å²) in [4.78, 5) is 23.1. The van der Waals surface area contributed by atoms with Crippen LogP contribution in [-0.4, -0.2) is 18.0 Å². The lowest BCUT2D eigenvalue weighted by molar-refractivity contribution is -0.384. The van der Waals surface area contributed by atoms with Crippen molar-refractivity contribution in [2.24, 2.45) is 11.3 Å². The fraction of sp³-hybridized carbons (Fsp3) is 0.348. The smallest absolute Gasteiger partial charge is 0.334 e. The van der Waals surface area contributed by atoms with Crippen LogP contribution in [0.2, 0.25) is 5.02 Å². The number of benzene rings is 2. The van der Waals surface area contributed by atoms with Gasteiger partial charge in [-0.1, -0.05) is 56.6 Å². The van der Waals surface area contributed by atoms with E-state index in [9.17, 15) is 14.9 Å². The van der Waals surface area contributed by atoms with Gasteiger partial charge in [0.1, 0.15) is 0 Å². The van der Waals surface area contributed by atoms with Crippen molar-refractivity contribution < 1.29 is 14.5 Å². The van der Waals surface area contributed by atoms with E-state index < -0.39 is 4.92 Å². The topological polar surface area (TPSA) is 69.4 Å². The van der Waals surface area contributed by atoms with Gasteiger partial charge in [0.05, 0.1) is 12.0 Å². The van der Waals surface area contributed by atoms with Crippen LogP contribution in [0.15, 0.2) is 59.7 Å². The van der Waals surface area contributed by atoms with Crippen molar-refractivity contribution in [3.63, 3.8) is 0 Å². The Morgan fingerprint density at radius 3 is 2.17 bits per heavy atom. The third kappa shape index (κ3) is 4.51. The van der Waals surface area contributed by atoms with Gasteiger partial charge >= 0.3 is 5.97 Å². The first-order chi connectivity index (χ1) is 13.6. The number of nitro benzene ring substituents is 1. The lowest BCUT2D eigenvalue weighted by Crippen LogP contribution is -2.12. The number of nitrogens with zero attached hydrogens (tertiary/aromatic N) is 1. The Morgan fingerprint density at radius 2 is 1.69 bits per heavy atom. The molecule has 29 heavy (non-hydrogen) atoms. The van der Waals surface area contributed by atoms with Crippen LogP contribution in [0, 0.1) is 21.4 Å². The van der Waals surface area contributed by atoms with Gasteiger partial charge in [0.25, 0.3) is 5.69 Å². The van der Waals surface area contributed by atoms with Gasteiger partial charge in [0.15, 0.2) is 0 Å². The number of carbonyl (C=O) groups excluding carboxylic acids is 1. The summed E-state index contributed by atoms with van der Waals surface area (Å²) in [6.45, 7) is 6.48. The van der Waals surface area contributed by atoms with Crippen molar-refractivity contribution in [2.45, 2.75) is 33.1 Å². The van der Waals surface area contributed by atoms with Crippen LogP contribution < -0.4 is 0 Å². The molecule has 0 amide bonds. The maximum Gasteiger partial charge on any atom is 0.334 e. The zero-order valence-corrected chi connectivity index (χ0v) is 17.7. The number of carbonyl (C=O) groups is 1. The third-order valence-electron chi connectivity index (χ3n) is 5.36. The van der Waals surface area contributed by atoms with Gasteiger partial charge in [-0.2, -0.15) is 0 Å². The van der Waals surface area contributed by atoms with Crippen LogP contribution >= 0.6 is 11.6 Å². The molecule has 3 rings (SSSR count). The normalized spacial score (nSPS) is 20.2. The highest BCUT2D eigenvalue weighted by Crippen LogP contribution is 2.63. The van der Waals surface area contributed by atoms with Gasteiger partial charge in [-0.25, -0.2) is 4.79 Å². The molecule has 0 aromatic heterocycles. The number of nitro groups is 1. The molecular weight excluding hydrogens is 390 g/mol. The highest BCUT2D eigenvalue weighted by molar-refractivity contribution is 6.30. The molecule has 0 bridgehead atoms. The standard InChI is InChI=1S/C23H24ClNO4/c1-23(2,3)21-19(15-7-9-16(24)10-8-15)20(21)18(22(26)29-4)13-14-5-11-17(12-6-14)25(27)28/h5-12,19,21H,13H2,1-4H3/b20-18+/t19-,21+/m0/s1. The zero-order valence-electron chi connectivity index (χ0n) is 16.9. The molecule has 1 saturated carbocycles. The predicted octanol–water partition coefficient (Wildman–Crippen LogP) is 5.72. The number of hydrogen-bond donors (Lipinski definition) is 0. The summed E-state index contributed by atoms with van der Waals surface area (Å²) in [6.07, 6.45) is 0.372. The molecular formula is C23H24ClNO4. The van der Waals surface area contributed by atoms with E-state index in [0.717, 1.165) is 16.7 Å². The molecule has 0 unspecified atom stereocenters. The number of esters is 1. The minimum Gasteiger partial charge on any atom is -0.466 e. The van der Waals surface area contributed by atoms with E-state index in [0.29, 0.717) is 17.0 Å². The van der Waals surface area contributed by atoms with E-state index >= 15 is 0 Å². The van der Waals surface area contributed by atoms with Gasteiger partial charge < -0.3 is 4.74 Å². The molecule has 2 aromatic carbocycles. The van der Waals surface area contributed by atoms with Gasteiger partial charge in [-0.15, -0.1) is 0 Å². The van der Waals surface area contributed by atoms with Crippen molar-refractivity contribution in [1.29, 1.82) is 0 Å². The van der Waals surface area contributed by atoms with Crippen molar-refractivity contribution in [3.8, 4) is 0 Å². The lowest BCUT2D eigenvalue weighted by Gasteiger charge is -2.18. The minimum atomic E-state index is -0.434. The molecule has 1 fully saturated rings. The monoisotopic (exact) mass is 413 g/mol. The Morgan fingerprint density at radius 1 is 1.10 bits per heavy atom. The Kier molecular flexibility index (Phi) is 5.80. The minimum absolute atomic E-state index is 0.0269. The largest absolute Gasteiger partial charge is 0.466 e. The Labute approximate surface area is 175 Å². The fourth-order valence-electron chi connectivity index (χ4n) is 4.00. The second kappa shape index (κ2) is 7.99. The number of methoxy groups -OCH3 is 1. The average molecular weight is 414 g/mol. The molecule has 0 saturated heterocycles. The van der Waals surface area contributed by atoms with Crippen molar-refractivity contribution in [2.75, 3.05) is 7.11 Å². The highest BCUT2D eigenvalue weighted by atomic mass is 35.5. The molecule has 1 aliphatic rings. The molecule has 5 nitrogen and oxygen atoms in total. The number of allylic oxidation sites excluding steroid dienone is 1. The number of hydrogen-bond acceptors (Lipinski definition) is 4. The quantitative estimate of drug-likeness (QED) is 0.272. The van der Waals surface area contributed by atoms with Crippen LogP contribution in [0.3, 0.4) is 0 Å². The second-order valence-electron chi connectivity index (χ2n) is 8.40. The predicted molar refractivity (Wildman–Crippen MR) is 113 cm³/mol. The molecule has 0 heterocycles. The average Bonchev–Trinajstić information content (AvgIpc) is 3.42. The van der Waals surface area contributed by atoms with Crippen LogP contribution in [0.1, 0.15) is 37.8 Å². The summed E-state index contributed by atoms with van der Waals surface area (Å²) < 4.78 is 5.09. The molecule has 2 aromatic rings. The first-order valence-corrected chi connectivity index (χ1v) is 9.81. The molecule has 6 heteroatoms. The third-order valence-corrected chi connectivity index (χ3v) is 5.62. The van der Waals surface area contributed by atoms with E-state index in [1.54, 1.807) is 12.1 Å². The zero-order chi connectivity index (χ0) is 21.3. The van der Waals surface area contributed by atoms with Crippen molar-refractivity contribution >= 4 is 23.3 Å². The summed E-state index contributed by atoms with van der Waals surface area (Å²) in [6, 6.07) is 14.0. The summed E-state index contributed by atoms with van der Waals surface area (Å²) in [5.74, 6) is -0.0284. The molecule has 0 aliphatic heterocycles. The van der Waals surface area contributed by atoms with Gasteiger partial charge in [-0.05, 0) is 40.2 Å². The van der Waals surface area contributed by atoms with E-state index in [2.05, 4.69) is 20.8 Å². The molecule has 0 spiro atoms. The van der Waals surface area contributed by atoms with Crippen LogP contribution in [0.4, 0.5) is 5.69 Å². The van der Waals surface area contributed by atoms with Crippen LogP contribution in [-0.2, 0) is 16.0 Å². The number of ether oxygens (including phenoxy) is 1. The van der Waals surface area contributed by atoms with E-state index in [1.165, 1.54) is 19.2 Å². The van der Waals surface area contributed by atoms with Crippen LogP contribution in [0.25, 0.3) is 0 Å². The number of halogens is 1. The SMILES string of the molecule is COC(=O)/C(Cc1ccc([N+](=O)[O-])cc1)=C1\[C@H](c2ccc(Cl)cc2)[C@H]1C(C)(C)C. The molecule has 0 radical (unpaired) electrons. The van der Waals surface area contributed by atoms with E-state index in [1.807, 2.05) is 24.3 Å². The molecule has 2 atom stereocenters. The molecule has 1 aliphatic carbocycles. The van der Waals surface area contributed by atoms with Crippen molar-refractivity contribution in [1.82, 2.24) is 0 Å². The Bertz CT molecular complexity index is 956. The maximum atomic E-state index is 12.7. The Balaban J connectivity index is 2.03.